The largest absolute Gasteiger partial charge is 0.497 e. The van der Waals surface area contributed by atoms with Gasteiger partial charge in [0.1, 0.15) is 5.75 Å². The van der Waals surface area contributed by atoms with Crippen LogP contribution in [0.2, 0.25) is 0 Å². The highest BCUT2D eigenvalue weighted by Gasteiger charge is 2.40. The SMILES string of the molecule is COc1ccc(N)c(SC2CCOC3(CCSC3)C2)c1. The molecule has 0 saturated carbocycles. The van der Waals surface area contributed by atoms with Crippen LogP contribution in [-0.2, 0) is 4.74 Å². The van der Waals surface area contributed by atoms with E-state index in [2.05, 4.69) is 0 Å². The Bertz CT molecular complexity index is 475. The third kappa shape index (κ3) is 3.05. The molecule has 0 aliphatic carbocycles. The van der Waals surface area contributed by atoms with Crippen molar-refractivity contribution in [3.8, 4) is 5.75 Å². The van der Waals surface area contributed by atoms with Crippen LogP contribution < -0.4 is 10.5 Å². The van der Waals surface area contributed by atoms with E-state index in [9.17, 15) is 0 Å². The average molecular weight is 311 g/mol. The predicted octanol–water partition coefficient (Wildman–Crippen LogP) is 3.42. The van der Waals surface area contributed by atoms with Gasteiger partial charge in [0, 0.05) is 28.2 Å². The summed E-state index contributed by atoms with van der Waals surface area (Å²) in [5.74, 6) is 3.26. The lowest BCUT2D eigenvalue weighted by molar-refractivity contribution is -0.0562. The minimum Gasteiger partial charge on any atom is -0.497 e. The summed E-state index contributed by atoms with van der Waals surface area (Å²) in [6, 6.07) is 5.89. The summed E-state index contributed by atoms with van der Waals surface area (Å²) in [6.45, 7) is 0.877. The number of nitrogens with two attached hydrogens (primary N) is 1. The predicted molar refractivity (Wildman–Crippen MR) is 86.9 cm³/mol. The van der Waals surface area contributed by atoms with Crippen molar-refractivity contribution in [3.05, 3.63) is 18.2 Å². The molecule has 20 heavy (non-hydrogen) atoms. The first-order chi connectivity index (χ1) is 9.71. The van der Waals surface area contributed by atoms with Crippen LogP contribution in [0.4, 0.5) is 5.69 Å². The van der Waals surface area contributed by atoms with Crippen LogP contribution in [0.25, 0.3) is 0 Å². The van der Waals surface area contributed by atoms with Crippen molar-refractivity contribution in [1.29, 1.82) is 0 Å². The number of nitrogen functional groups attached to an aromatic ring is 1. The number of benzene rings is 1. The van der Waals surface area contributed by atoms with Gasteiger partial charge in [-0.15, -0.1) is 11.8 Å². The third-order valence-corrected chi connectivity index (χ3v) is 6.60. The fourth-order valence-electron chi connectivity index (χ4n) is 2.87. The number of anilines is 1. The molecular formula is C15H21NO2S2. The number of hydrogen-bond donors (Lipinski definition) is 1. The normalized spacial score (nSPS) is 29.8. The standard InChI is InChI=1S/C15H21NO2S2/c1-17-11-2-3-13(16)14(8-11)20-12-4-6-18-15(9-12)5-7-19-10-15/h2-3,8,12H,4-7,9-10,16H2,1H3. The maximum Gasteiger partial charge on any atom is 0.120 e. The van der Waals surface area contributed by atoms with Crippen LogP contribution in [0.5, 0.6) is 5.75 Å². The molecule has 5 heteroatoms. The Labute approximate surface area is 129 Å². The Morgan fingerprint density at radius 3 is 3.15 bits per heavy atom. The molecule has 2 heterocycles. The first-order valence-corrected chi connectivity index (χ1v) is 9.06. The topological polar surface area (TPSA) is 44.5 Å². The monoisotopic (exact) mass is 311 g/mol. The Hall–Kier alpha value is -0.520. The Morgan fingerprint density at radius 2 is 2.40 bits per heavy atom. The molecule has 0 amide bonds. The van der Waals surface area contributed by atoms with Gasteiger partial charge in [0.25, 0.3) is 0 Å². The van der Waals surface area contributed by atoms with Gasteiger partial charge in [-0.05, 0) is 43.2 Å². The smallest absolute Gasteiger partial charge is 0.120 e. The van der Waals surface area contributed by atoms with Gasteiger partial charge >= 0.3 is 0 Å². The average Bonchev–Trinajstić information content (AvgIpc) is 2.89. The molecule has 2 atom stereocenters. The first kappa shape index (κ1) is 14.4. The quantitative estimate of drug-likeness (QED) is 0.867. The summed E-state index contributed by atoms with van der Waals surface area (Å²) in [7, 11) is 1.69. The zero-order valence-corrected chi connectivity index (χ0v) is 13.4. The lowest BCUT2D eigenvalue weighted by Gasteiger charge is -2.37. The number of hydrogen-bond acceptors (Lipinski definition) is 5. The van der Waals surface area contributed by atoms with Gasteiger partial charge < -0.3 is 15.2 Å². The zero-order valence-electron chi connectivity index (χ0n) is 11.8. The van der Waals surface area contributed by atoms with Crippen molar-refractivity contribution in [2.24, 2.45) is 0 Å². The van der Waals surface area contributed by atoms with Crippen LogP contribution >= 0.6 is 23.5 Å². The van der Waals surface area contributed by atoms with E-state index in [-0.39, 0.29) is 5.60 Å². The molecule has 3 rings (SSSR count). The van der Waals surface area contributed by atoms with Crippen molar-refractivity contribution in [2.45, 2.75) is 35.0 Å². The molecule has 0 aromatic heterocycles. The summed E-state index contributed by atoms with van der Waals surface area (Å²) in [5.41, 5.74) is 7.07. The van der Waals surface area contributed by atoms with Crippen LogP contribution in [0.3, 0.4) is 0 Å². The van der Waals surface area contributed by atoms with Gasteiger partial charge in [0.15, 0.2) is 0 Å². The Balaban J connectivity index is 1.71. The van der Waals surface area contributed by atoms with E-state index in [0.717, 1.165) is 41.5 Å². The zero-order chi connectivity index (χ0) is 14.0. The first-order valence-electron chi connectivity index (χ1n) is 7.03. The minimum absolute atomic E-state index is 0.133. The van der Waals surface area contributed by atoms with Crippen molar-refractivity contribution in [1.82, 2.24) is 0 Å². The molecule has 2 fully saturated rings. The summed E-state index contributed by atoms with van der Waals surface area (Å²) in [4.78, 5) is 1.14. The number of ether oxygens (including phenoxy) is 2. The number of thioether (sulfide) groups is 2. The molecule has 0 bridgehead atoms. The van der Waals surface area contributed by atoms with E-state index >= 15 is 0 Å². The van der Waals surface area contributed by atoms with Crippen molar-refractivity contribution >= 4 is 29.2 Å². The summed E-state index contributed by atoms with van der Waals surface area (Å²) >= 11 is 3.91. The van der Waals surface area contributed by atoms with Crippen molar-refractivity contribution < 1.29 is 9.47 Å². The molecule has 0 radical (unpaired) electrons. The molecule has 2 aliphatic heterocycles. The highest BCUT2D eigenvalue weighted by Crippen LogP contribution is 2.44. The number of rotatable bonds is 3. The fraction of sp³-hybridized carbons (Fsp3) is 0.600. The van der Waals surface area contributed by atoms with Gasteiger partial charge in [-0.1, -0.05) is 0 Å². The highest BCUT2D eigenvalue weighted by atomic mass is 32.2. The molecule has 110 valence electrons. The second kappa shape index (κ2) is 6.08. The molecule has 2 saturated heterocycles. The molecule has 3 nitrogen and oxygen atoms in total. The molecule has 1 aromatic carbocycles. The van der Waals surface area contributed by atoms with E-state index < -0.39 is 0 Å². The van der Waals surface area contributed by atoms with Crippen molar-refractivity contribution in [2.75, 3.05) is 31.0 Å². The van der Waals surface area contributed by atoms with Crippen LogP contribution in [-0.4, -0.2) is 36.1 Å². The molecular weight excluding hydrogens is 290 g/mol. The van der Waals surface area contributed by atoms with Crippen molar-refractivity contribution in [3.63, 3.8) is 0 Å². The third-order valence-electron chi connectivity index (χ3n) is 4.03. The Kier molecular flexibility index (Phi) is 4.38. The second-order valence-corrected chi connectivity index (χ2v) is 7.92. The summed E-state index contributed by atoms with van der Waals surface area (Å²) in [6.07, 6.45) is 3.44. The molecule has 2 unspecified atom stereocenters. The van der Waals surface area contributed by atoms with Crippen LogP contribution in [0.1, 0.15) is 19.3 Å². The lowest BCUT2D eigenvalue weighted by Crippen LogP contribution is -2.40. The minimum atomic E-state index is 0.133. The maximum atomic E-state index is 6.09. The van der Waals surface area contributed by atoms with Crippen LogP contribution in [0, 0.1) is 0 Å². The van der Waals surface area contributed by atoms with Gasteiger partial charge in [0.05, 0.1) is 12.7 Å². The summed E-state index contributed by atoms with van der Waals surface area (Å²) < 4.78 is 11.4. The Morgan fingerprint density at radius 1 is 1.50 bits per heavy atom. The highest BCUT2D eigenvalue weighted by molar-refractivity contribution is 8.00. The summed E-state index contributed by atoms with van der Waals surface area (Å²) in [5, 5.41) is 0.594. The van der Waals surface area contributed by atoms with E-state index in [4.69, 9.17) is 15.2 Å². The van der Waals surface area contributed by atoms with Gasteiger partial charge in [-0.3, -0.25) is 0 Å². The second-order valence-electron chi connectivity index (χ2n) is 5.47. The van der Waals surface area contributed by atoms with Gasteiger partial charge in [-0.25, -0.2) is 0 Å². The fourth-order valence-corrected chi connectivity index (χ4v) is 5.60. The van der Waals surface area contributed by atoms with Gasteiger partial charge in [-0.2, -0.15) is 11.8 Å². The van der Waals surface area contributed by atoms with E-state index in [1.807, 2.05) is 41.7 Å². The van der Waals surface area contributed by atoms with E-state index in [0.29, 0.717) is 5.25 Å². The van der Waals surface area contributed by atoms with Crippen LogP contribution in [0.15, 0.2) is 23.1 Å². The molecule has 2 N–H and O–H groups in total. The molecule has 1 spiro atoms. The molecule has 2 aliphatic rings. The molecule has 1 aromatic rings. The lowest BCUT2D eigenvalue weighted by atomic mass is 9.93. The van der Waals surface area contributed by atoms with E-state index in [1.165, 1.54) is 12.2 Å². The van der Waals surface area contributed by atoms with Gasteiger partial charge in [0.2, 0.25) is 0 Å². The number of methoxy groups -OCH3 is 1. The van der Waals surface area contributed by atoms with E-state index in [1.54, 1.807) is 7.11 Å². The maximum absolute atomic E-state index is 6.09.